The van der Waals surface area contributed by atoms with Crippen molar-refractivity contribution in [3.63, 3.8) is 0 Å². The van der Waals surface area contributed by atoms with Gasteiger partial charge in [-0.3, -0.25) is 9.59 Å². The van der Waals surface area contributed by atoms with Crippen LogP contribution in [0.5, 0.6) is 0 Å². The number of hydrogen-bond donors (Lipinski definition) is 2. The molecule has 0 radical (unpaired) electrons. The minimum atomic E-state index is -3.89. The highest BCUT2D eigenvalue weighted by atomic mass is 32.2. The van der Waals surface area contributed by atoms with Crippen molar-refractivity contribution in [2.45, 2.75) is 11.4 Å². The number of hydrogen-bond acceptors (Lipinski definition) is 6. The van der Waals surface area contributed by atoms with Crippen molar-refractivity contribution < 1.29 is 27.2 Å². The van der Waals surface area contributed by atoms with Crippen LogP contribution in [-0.2, 0) is 30.9 Å². The SMILES string of the molecule is O=C(COC(=O)CNS(=O)(=O)c1ccc2ccccc2c1)NCc1ccco1. The van der Waals surface area contributed by atoms with E-state index in [4.69, 9.17) is 9.15 Å². The molecule has 1 heterocycles. The molecule has 0 aliphatic carbocycles. The van der Waals surface area contributed by atoms with Gasteiger partial charge in [-0.1, -0.05) is 30.3 Å². The largest absolute Gasteiger partial charge is 0.467 e. The molecule has 0 spiro atoms. The van der Waals surface area contributed by atoms with Crippen LogP contribution in [0.1, 0.15) is 5.76 Å². The fraction of sp³-hybridized carbons (Fsp3) is 0.158. The molecule has 8 nitrogen and oxygen atoms in total. The van der Waals surface area contributed by atoms with Gasteiger partial charge in [0.1, 0.15) is 12.3 Å². The molecule has 1 amide bonds. The van der Waals surface area contributed by atoms with E-state index >= 15 is 0 Å². The molecule has 0 aliphatic rings. The van der Waals surface area contributed by atoms with Crippen LogP contribution in [-0.4, -0.2) is 33.4 Å². The van der Waals surface area contributed by atoms with Crippen molar-refractivity contribution in [3.8, 4) is 0 Å². The number of esters is 1. The lowest BCUT2D eigenvalue weighted by Gasteiger charge is -2.08. The highest BCUT2D eigenvalue weighted by molar-refractivity contribution is 7.89. The van der Waals surface area contributed by atoms with Crippen LogP contribution >= 0.6 is 0 Å². The van der Waals surface area contributed by atoms with Crippen LogP contribution in [0.2, 0.25) is 0 Å². The molecule has 0 unspecified atom stereocenters. The fourth-order valence-electron chi connectivity index (χ4n) is 2.42. The predicted molar refractivity (Wildman–Crippen MR) is 101 cm³/mol. The van der Waals surface area contributed by atoms with E-state index < -0.39 is 35.1 Å². The molecule has 9 heteroatoms. The lowest BCUT2D eigenvalue weighted by molar-refractivity contribution is -0.147. The van der Waals surface area contributed by atoms with Crippen LogP contribution in [0.4, 0.5) is 0 Å². The number of carbonyl (C=O) groups is 2. The lowest BCUT2D eigenvalue weighted by Crippen LogP contribution is -2.33. The van der Waals surface area contributed by atoms with Gasteiger partial charge in [0.25, 0.3) is 5.91 Å². The molecule has 1 aromatic heterocycles. The number of carbonyl (C=O) groups excluding carboxylic acids is 2. The Bertz CT molecular complexity index is 1080. The summed E-state index contributed by atoms with van der Waals surface area (Å²) in [6.45, 7) is -0.935. The summed E-state index contributed by atoms with van der Waals surface area (Å²) in [4.78, 5) is 23.4. The van der Waals surface area contributed by atoms with Gasteiger partial charge in [0.05, 0.1) is 17.7 Å². The average Bonchev–Trinajstić information content (AvgIpc) is 3.22. The van der Waals surface area contributed by atoms with Crippen molar-refractivity contribution in [2.75, 3.05) is 13.2 Å². The van der Waals surface area contributed by atoms with Gasteiger partial charge in [0.15, 0.2) is 6.61 Å². The molecule has 0 aliphatic heterocycles. The van der Waals surface area contributed by atoms with Crippen molar-refractivity contribution in [2.24, 2.45) is 0 Å². The third-order valence-electron chi connectivity index (χ3n) is 3.84. The predicted octanol–water partition coefficient (Wildman–Crippen LogP) is 1.57. The van der Waals surface area contributed by atoms with Gasteiger partial charge >= 0.3 is 5.97 Å². The zero-order valence-electron chi connectivity index (χ0n) is 14.8. The van der Waals surface area contributed by atoms with E-state index in [1.165, 1.54) is 18.4 Å². The van der Waals surface area contributed by atoms with E-state index in [1.54, 1.807) is 30.3 Å². The highest BCUT2D eigenvalue weighted by Gasteiger charge is 2.17. The van der Waals surface area contributed by atoms with Crippen molar-refractivity contribution in [1.29, 1.82) is 0 Å². The maximum atomic E-state index is 12.3. The van der Waals surface area contributed by atoms with Crippen LogP contribution in [0.25, 0.3) is 10.8 Å². The summed E-state index contributed by atoms with van der Waals surface area (Å²) in [5.41, 5.74) is 0. The monoisotopic (exact) mass is 402 g/mol. The third-order valence-corrected chi connectivity index (χ3v) is 5.24. The first-order valence-corrected chi connectivity index (χ1v) is 9.85. The lowest BCUT2D eigenvalue weighted by atomic mass is 10.1. The highest BCUT2D eigenvalue weighted by Crippen LogP contribution is 2.18. The molecule has 0 fully saturated rings. The second-order valence-corrected chi connectivity index (χ2v) is 7.62. The number of sulfonamides is 1. The van der Waals surface area contributed by atoms with Gasteiger partial charge < -0.3 is 14.5 Å². The molecule has 2 aromatic carbocycles. The summed E-state index contributed by atoms with van der Waals surface area (Å²) in [7, 11) is -3.89. The van der Waals surface area contributed by atoms with E-state index in [1.807, 2.05) is 12.1 Å². The van der Waals surface area contributed by atoms with E-state index in [0.717, 1.165) is 10.8 Å². The van der Waals surface area contributed by atoms with E-state index in [2.05, 4.69) is 10.0 Å². The number of ether oxygens (including phenoxy) is 1. The van der Waals surface area contributed by atoms with Gasteiger partial charge in [-0.2, -0.15) is 4.72 Å². The first-order chi connectivity index (χ1) is 13.4. The molecule has 3 rings (SSSR count). The van der Waals surface area contributed by atoms with E-state index in [0.29, 0.717) is 5.76 Å². The zero-order valence-corrected chi connectivity index (χ0v) is 15.6. The van der Waals surface area contributed by atoms with E-state index in [9.17, 15) is 18.0 Å². The van der Waals surface area contributed by atoms with Crippen molar-refractivity contribution in [3.05, 3.63) is 66.6 Å². The maximum absolute atomic E-state index is 12.3. The topological polar surface area (TPSA) is 115 Å². The second-order valence-electron chi connectivity index (χ2n) is 5.85. The summed E-state index contributed by atoms with van der Waals surface area (Å²) in [5, 5.41) is 4.18. The van der Waals surface area contributed by atoms with Gasteiger partial charge in [-0.15, -0.1) is 0 Å². The summed E-state index contributed by atoms with van der Waals surface area (Å²) >= 11 is 0. The normalized spacial score (nSPS) is 11.3. The second kappa shape index (κ2) is 8.68. The third kappa shape index (κ3) is 5.18. The van der Waals surface area contributed by atoms with Crippen molar-refractivity contribution >= 4 is 32.7 Å². The van der Waals surface area contributed by atoms with Gasteiger partial charge in [0.2, 0.25) is 10.0 Å². The summed E-state index contributed by atoms with van der Waals surface area (Å²) in [6, 6.07) is 15.4. The molecule has 146 valence electrons. The zero-order chi connectivity index (χ0) is 20.0. The molecular weight excluding hydrogens is 384 g/mol. The molecule has 0 saturated carbocycles. The number of fused-ring (bicyclic) bond motifs is 1. The minimum Gasteiger partial charge on any atom is -0.467 e. The molecule has 3 aromatic rings. The number of amides is 1. The van der Waals surface area contributed by atoms with Crippen LogP contribution in [0, 0.1) is 0 Å². The Hall–Kier alpha value is -3.17. The summed E-state index contributed by atoms with van der Waals surface area (Å²) in [5.74, 6) is -0.831. The van der Waals surface area contributed by atoms with Crippen LogP contribution < -0.4 is 10.0 Å². The van der Waals surface area contributed by atoms with Crippen molar-refractivity contribution in [1.82, 2.24) is 10.0 Å². The average molecular weight is 402 g/mol. The summed E-state index contributed by atoms with van der Waals surface area (Å²) in [6.07, 6.45) is 1.48. The first kappa shape index (κ1) is 19.6. The molecule has 0 saturated heterocycles. The maximum Gasteiger partial charge on any atom is 0.321 e. The molecule has 0 atom stereocenters. The molecular formula is C19H18N2O6S. The Labute approximate surface area is 161 Å². The first-order valence-electron chi connectivity index (χ1n) is 8.37. The van der Waals surface area contributed by atoms with Crippen LogP contribution in [0.3, 0.4) is 0 Å². The minimum absolute atomic E-state index is 0.0372. The molecule has 2 N–H and O–H groups in total. The quantitative estimate of drug-likeness (QED) is 0.553. The van der Waals surface area contributed by atoms with E-state index in [-0.39, 0.29) is 11.4 Å². The molecule has 0 bridgehead atoms. The van der Waals surface area contributed by atoms with Gasteiger partial charge in [0, 0.05) is 0 Å². The standard InChI is InChI=1S/C19H18N2O6S/c22-18(20-11-16-6-3-9-26-16)13-27-19(23)12-21-28(24,25)17-8-7-14-4-1-2-5-15(14)10-17/h1-10,21H,11-13H2,(H,20,22). The number of nitrogens with one attached hydrogen (secondary N) is 2. The number of furan rings is 1. The number of benzene rings is 2. The fourth-order valence-corrected chi connectivity index (χ4v) is 3.42. The molecule has 28 heavy (non-hydrogen) atoms. The Morgan fingerprint density at radius 3 is 2.54 bits per heavy atom. The van der Waals surface area contributed by atoms with Gasteiger partial charge in [-0.25, -0.2) is 8.42 Å². The Kier molecular flexibility index (Phi) is 6.07. The number of rotatable bonds is 8. The Morgan fingerprint density at radius 2 is 1.79 bits per heavy atom. The van der Waals surface area contributed by atoms with Gasteiger partial charge in [-0.05, 0) is 35.0 Å². The van der Waals surface area contributed by atoms with Crippen LogP contribution in [0.15, 0.2) is 70.2 Å². The Morgan fingerprint density at radius 1 is 1.00 bits per heavy atom. The smallest absolute Gasteiger partial charge is 0.321 e. The Balaban J connectivity index is 1.47. The summed E-state index contributed by atoms with van der Waals surface area (Å²) < 4.78 is 36.7.